The molecule has 0 spiro atoms. The number of aliphatic imine (C=N–C) groups is 4. The third-order valence-corrected chi connectivity index (χ3v) is 3.84. The van der Waals surface area contributed by atoms with Crippen LogP contribution in [0.3, 0.4) is 0 Å². The van der Waals surface area contributed by atoms with Gasteiger partial charge in [-0.25, -0.2) is 20.0 Å². The van der Waals surface area contributed by atoms with Gasteiger partial charge in [-0.15, -0.1) is 0 Å². The zero-order valence-electron chi connectivity index (χ0n) is 13.9. The van der Waals surface area contributed by atoms with Crippen LogP contribution in [0.5, 0.6) is 0 Å². The molecule has 0 aromatic heterocycles. The summed E-state index contributed by atoms with van der Waals surface area (Å²) in [5.74, 6) is 0. The van der Waals surface area contributed by atoms with Gasteiger partial charge in [-0.05, 0) is 72.9 Å². The Morgan fingerprint density at radius 2 is 0.840 bits per heavy atom. The molecule has 0 atom stereocenters. The van der Waals surface area contributed by atoms with E-state index in [1.807, 2.05) is 60.8 Å². The van der Waals surface area contributed by atoms with E-state index in [1.54, 1.807) is 6.08 Å². The average molecular weight is 484 g/mol. The van der Waals surface area contributed by atoms with E-state index in [9.17, 15) is 0 Å². The van der Waals surface area contributed by atoms with Crippen LogP contribution in [0.25, 0.3) is 0 Å². The Bertz CT molecular complexity index is 1080. The molecule has 25 heavy (non-hydrogen) atoms. The third-order valence-electron chi connectivity index (χ3n) is 3.84. The van der Waals surface area contributed by atoms with Crippen LogP contribution in [-0.2, 0) is 0 Å². The molecule has 5 heteroatoms. The third kappa shape index (κ3) is 3.46. The van der Waals surface area contributed by atoms with E-state index in [0.29, 0.717) is 11.7 Å². The van der Waals surface area contributed by atoms with Gasteiger partial charge in [0, 0.05) is 36.9 Å². The van der Waals surface area contributed by atoms with Gasteiger partial charge in [-0.3, -0.25) is 0 Å². The van der Waals surface area contributed by atoms with E-state index >= 15 is 0 Å². The summed E-state index contributed by atoms with van der Waals surface area (Å²) < 4.78 is 8.11. The van der Waals surface area contributed by atoms with Crippen molar-refractivity contribution in [1.29, 1.82) is 0 Å². The first-order valence-corrected chi connectivity index (χ1v) is 7.66. The molecule has 0 aliphatic carbocycles. The van der Waals surface area contributed by atoms with Gasteiger partial charge >= 0.3 is 0 Å². The topological polar surface area (TPSA) is 49.4 Å². The minimum atomic E-state index is 0. The molecule has 8 bridgehead atoms. The van der Waals surface area contributed by atoms with Gasteiger partial charge in [-0.2, -0.15) is 0 Å². The quantitative estimate of drug-likeness (QED) is 0.505. The molecular weight excluding hydrogens is 471 g/mol. The van der Waals surface area contributed by atoms with Gasteiger partial charge in [0.25, 0.3) is 0 Å². The normalized spacial score (nSPS) is 22.7. The van der Waals surface area contributed by atoms with Crippen molar-refractivity contribution >= 4 is 22.8 Å². The molecule has 127 valence electrons. The van der Waals surface area contributed by atoms with Gasteiger partial charge < -0.3 is 0 Å². The second-order valence-electron chi connectivity index (χ2n) is 5.67. The summed E-state index contributed by atoms with van der Waals surface area (Å²) in [4.78, 5) is 18.2. The van der Waals surface area contributed by atoms with Crippen molar-refractivity contribution in [3.05, 3.63) is 95.7 Å². The first-order valence-electron chi connectivity index (χ1n) is 8.16. The Morgan fingerprint density at radius 1 is 0.480 bits per heavy atom. The van der Waals surface area contributed by atoms with Crippen molar-refractivity contribution in [1.82, 2.24) is 0 Å². The zero-order chi connectivity index (χ0) is 16.8. The molecule has 1 radical (unpaired) electrons. The molecule has 5 aliphatic heterocycles. The summed E-state index contributed by atoms with van der Waals surface area (Å²) >= 11 is 0. The van der Waals surface area contributed by atoms with Gasteiger partial charge in [0.1, 0.15) is 0 Å². The van der Waals surface area contributed by atoms with E-state index in [0.717, 1.165) is 39.9 Å². The van der Waals surface area contributed by atoms with Crippen LogP contribution in [0.2, 0.25) is 0 Å². The van der Waals surface area contributed by atoms with Crippen LogP contribution in [0.4, 0.5) is 0 Å². The summed E-state index contributed by atoms with van der Waals surface area (Å²) in [7, 11) is 0. The smallest absolute Gasteiger partial charge is 0.0659 e. The van der Waals surface area contributed by atoms with Gasteiger partial charge in [0.05, 0.1) is 47.0 Å². The molecule has 0 fully saturated rings. The fourth-order valence-electron chi connectivity index (χ4n) is 2.76. The van der Waals surface area contributed by atoms with Gasteiger partial charge in [0.2, 0.25) is 0 Å². The van der Waals surface area contributed by atoms with Crippen LogP contribution < -0.4 is 0 Å². The maximum absolute atomic E-state index is 8.11. The Hall–Kier alpha value is -2.17. The van der Waals surface area contributed by atoms with Crippen molar-refractivity contribution in [3.63, 3.8) is 0 Å². The molecule has 0 saturated heterocycles. The standard InChI is InChI=1S/C20H12N4.Lu/c1-2-14-10-16-5-6-18(23-16)12-20-8-7-19(24-20)11-17-4-3-15(22-17)9-13(1)21-14;/h1-12H;/i1D;. The fourth-order valence-corrected chi connectivity index (χ4v) is 2.76. The van der Waals surface area contributed by atoms with Crippen molar-refractivity contribution < 1.29 is 38.2 Å². The maximum Gasteiger partial charge on any atom is 0.0659 e. The minimum Gasteiger partial charge on any atom is -0.249 e. The Labute approximate surface area is 175 Å². The SMILES string of the molecule is [2H]C1=CC2=NC1=CC1=NC(=CC3=NC(=CC4=NC(=C2)C=C4)C=C3)C=C1.[Lu]. The maximum atomic E-state index is 8.11. The molecule has 5 heterocycles. The Balaban J connectivity index is 0.00000168. The molecule has 0 unspecified atom stereocenters. The summed E-state index contributed by atoms with van der Waals surface area (Å²) in [6.45, 7) is 0. The number of hydrogen-bond acceptors (Lipinski definition) is 4. The van der Waals surface area contributed by atoms with E-state index in [1.165, 1.54) is 0 Å². The van der Waals surface area contributed by atoms with Crippen LogP contribution in [-0.4, -0.2) is 22.8 Å². The zero-order valence-corrected chi connectivity index (χ0v) is 14.6. The molecule has 5 rings (SSSR count). The molecule has 0 aromatic rings. The molecule has 4 nitrogen and oxygen atoms in total. The predicted octanol–water partition coefficient (Wildman–Crippen LogP) is 3.58. The first kappa shape index (κ1) is 15.1. The minimum absolute atomic E-state index is 0. The van der Waals surface area contributed by atoms with Crippen LogP contribution in [0.15, 0.2) is 116 Å². The molecular formula is C20H12LuN4. The summed E-state index contributed by atoms with van der Waals surface area (Å²) in [5, 5.41) is 0. The molecule has 0 amide bonds. The van der Waals surface area contributed by atoms with Crippen molar-refractivity contribution in [2.75, 3.05) is 0 Å². The Kier molecular flexibility index (Phi) is 4.00. The Morgan fingerprint density at radius 3 is 1.32 bits per heavy atom. The van der Waals surface area contributed by atoms with Crippen LogP contribution in [0.1, 0.15) is 1.37 Å². The first-order chi connectivity index (χ1) is 12.2. The number of hydrogen-bond donors (Lipinski definition) is 0. The van der Waals surface area contributed by atoms with E-state index < -0.39 is 0 Å². The largest absolute Gasteiger partial charge is 0.249 e. The van der Waals surface area contributed by atoms with Crippen molar-refractivity contribution in [3.8, 4) is 0 Å². The van der Waals surface area contributed by atoms with E-state index in [-0.39, 0.29) is 36.9 Å². The summed E-state index contributed by atoms with van der Waals surface area (Å²) in [6.07, 6.45) is 21.0. The fraction of sp³-hybridized carbons (Fsp3) is 0. The van der Waals surface area contributed by atoms with Crippen LogP contribution >= 0.6 is 0 Å². The molecule has 0 N–H and O–H groups in total. The number of rotatable bonds is 0. The predicted molar refractivity (Wildman–Crippen MR) is 98.6 cm³/mol. The van der Waals surface area contributed by atoms with Crippen molar-refractivity contribution in [2.24, 2.45) is 20.0 Å². The second-order valence-corrected chi connectivity index (χ2v) is 5.67. The number of allylic oxidation sites excluding steroid dienone is 12. The second kappa shape index (κ2) is 6.62. The molecule has 0 aromatic carbocycles. The number of nitrogens with zero attached hydrogens (tertiary/aromatic N) is 4. The average Bonchev–Trinajstić information content (AvgIpc) is 3.33. The van der Waals surface area contributed by atoms with E-state index in [2.05, 4.69) is 20.0 Å². The summed E-state index contributed by atoms with van der Waals surface area (Å²) in [5.41, 5.74) is 6.33. The van der Waals surface area contributed by atoms with E-state index in [4.69, 9.17) is 1.37 Å². The molecule has 0 saturated carbocycles. The molecule has 5 aliphatic rings. The van der Waals surface area contributed by atoms with Crippen molar-refractivity contribution in [2.45, 2.75) is 0 Å². The van der Waals surface area contributed by atoms with Crippen LogP contribution in [0, 0.1) is 36.9 Å². The van der Waals surface area contributed by atoms with Gasteiger partial charge in [-0.1, -0.05) is 0 Å². The summed E-state index contributed by atoms with van der Waals surface area (Å²) in [6, 6.07) is 0.379. The monoisotopic (exact) mass is 484 g/mol. The van der Waals surface area contributed by atoms with Gasteiger partial charge in [0.15, 0.2) is 0 Å². The number of fused-ring (bicyclic) bond motifs is 4.